The molecular formula is C11H16N2O2S. The number of hydrogen-bond acceptors (Lipinski definition) is 3. The largest absolute Gasteiger partial charge is 0.339 e. The Kier molecular flexibility index (Phi) is 3.02. The van der Waals surface area contributed by atoms with Crippen molar-refractivity contribution in [3.63, 3.8) is 0 Å². The average Bonchev–Trinajstić information content (AvgIpc) is 2.24. The molecule has 0 aromatic heterocycles. The molecule has 0 aromatic rings. The number of amides is 1. The summed E-state index contributed by atoms with van der Waals surface area (Å²) in [7, 11) is -0.774. The van der Waals surface area contributed by atoms with E-state index in [1.807, 2.05) is 0 Å². The quantitative estimate of drug-likeness (QED) is 0.671. The molecule has 0 N–H and O–H groups in total. The molecule has 5 heteroatoms. The Morgan fingerprint density at radius 1 is 1.44 bits per heavy atom. The summed E-state index contributed by atoms with van der Waals surface area (Å²) in [4.78, 5) is 13.9. The minimum Gasteiger partial charge on any atom is -0.339 e. The number of rotatable bonds is 1. The van der Waals surface area contributed by atoms with Gasteiger partial charge in [-0.25, -0.2) is 0 Å². The maximum Gasteiger partial charge on any atom is 0.243 e. The van der Waals surface area contributed by atoms with Crippen molar-refractivity contribution >= 4 is 16.7 Å². The summed E-state index contributed by atoms with van der Waals surface area (Å²) in [6.45, 7) is 3.15. The van der Waals surface area contributed by atoms with Crippen molar-refractivity contribution in [2.75, 3.05) is 24.6 Å². The highest BCUT2D eigenvalue weighted by Crippen LogP contribution is 2.46. The van der Waals surface area contributed by atoms with Crippen molar-refractivity contribution in [3.05, 3.63) is 0 Å². The minimum atomic E-state index is -0.774. The fraction of sp³-hybridized carbons (Fsp3) is 0.818. The molecule has 0 bridgehead atoms. The molecule has 2 rings (SSSR count). The lowest BCUT2D eigenvalue weighted by atomic mass is 9.62. The van der Waals surface area contributed by atoms with E-state index in [4.69, 9.17) is 5.26 Å². The van der Waals surface area contributed by atoms with Gasteiger partial charge in [0, 0.05) is 35.4 Å². The second-order valence-corrected chi connectivity index (χ2v) is 6.54. The van der Waals surface area contributed by atoms with Crippen LogP contribution in [0.15, 0.2) is 0 Å². The van der Waals surface area contributed by atoms with E-state index in [0.29, 0.717) is 43.4 Å². The van der Waals surface area contributed by atoms with E-state index >= 15 is 0 Å². The average molecular weight is 240 g/mol. The molecule has 1 aliphatic carbocycles. The van der Waals surface area contributed by atoms with Gasteiger partial charge in [0.05, 0.1) is 6.07 Å². The van der Waals surface area contributed by atoms with Crippen molar-refractivity contribution in [1.82, 2.24) is 4.90 Å². The summed E-state index contributed by atoms with van der Waals surface area (Å²) >= 11 is 0. The Morgan fingerprint density at radius 2 is 2.00 bits per heavy atom. The smallest absolute Gasteiger partial charge is 0.243 e. The van der Waals surface area contributed by atoms with E-state index in [1.54, 1.807) is 4.90 Å². The summed E-state index contributed by atoms with van der Waals surface area (Å²) in [5, 5.41) is 9.15. The molecule has 16 heavy (non-hydrogen) atoms. The fourth-order valence-electron chi connectivity index (χ4n) is 2.59. The molecular weight excluding hydrogens is 224 g/mol. The molecule has 0 atom stereocenters. The lowest BCUT2D eigenvalue weighted by Gasteiger charge is -2.43. The van der Waals surface area contributed by atoms with Crippen LogP contribution in [0.4, 0.5) is 0 Å². The van der Waals surface area contributed by atoms with E-state index < -0.39 is 16.2 Å². The molecule has 1 heterocycles. The van der Waals surface area contributed by atoms with E-state index in [1.165, 1.54) is 0 Å². The maximum absolute atomic E-state index is 12.2. The van der Waals surface area contributed by atoms with E-state index in [9.17, 15) is 9.00 Å². The van der Waals surface area contributed by atoms with Crippen molar-refractivity contribution in [2.45, 2.75) is 19.8 Å². The first-order valence-corrected chi connectivity index (χ1v) is 7.12. The van der Waals surface area contributed by atoms with Crippen LogP contribution in [0, 0.1) is 22.7 Å². The molecule has 4 nitrogen and oxygen atoms in total. The van der Waals surface area contributed by atoms with Crippen molar-refractivity contribution in [2.24, 2.45) is 11.3 Å². The third kappa shape index (κ3) is 1.86. The third-order valence-electron chi connectivity index (χ3n) is 3.48. The zero-order chi connectivity index (χ0) is 11.8. The Hall–Kier alpha value is -0.890. The zero-order valence-electron chi connectivity index (χ0n) is 9.44. The predicted molar refractivity (Wildman–Crippen MR) is 60.9 cm³/mol. The molecule has 0 spiro atoms. The van der Waals surface area contributed by atoms with Gasteiger partial charge in [-0.05, 0) is 18.8 Å². The van der Waals surface area contributed by atoms with Crippen LogP contribution in [0.25, 0.3) is 0 Å². The van der Waals surface area contributed by atoms with Gasteiger partial charge in [0.2, 0.25) is 5.91 Å². The van der Waals surface area contributed by atoms with Gasteiger partial charge in [-0.15, -0.1) is 0 Å². The lowest BCUT2D eigenvalue weighted by Crippen LogP contribution is -2.53. The Bertz CT molecular complexity index is 359. The first-order chi connectivity index (χ1) is 7.57. The van der Waals surface area contributed by atoms with Gasteiger partial charge in [0.25, 0.3) is 0 Å². The Balaban J connectivity index is 2.02. The van der Waals surface area contributed by atoms with Gasteiger partial charge in [-0.1, -0.05) is 6.92 Å². The van der Waals surface area contributed by atoms with E-state index in [-0.39, 0.29) is 5.91 Å². The van der Waals surface area contributed by atoms with E-state index in [0.717, 1.165) is 0 Å². The van der Waals surface area contributed by atoms with E-state index in [2.05, 4.69) is 13.0 Å². The highest BCUT2D eigenvalue weighted by atomic mass is 32.2. The van der Waals surface area contributed by atoms with Crippen LogP contribution >= 0.6 is 0 Å². The van der Waals surface area contributed by atoms with Gasteiger partial charge in [-0.2, -0.15) is 5.26 Å². The van der Waals surface area contributed by atoms with Crippen LogP contribution in [0.3, 0.4) is 0 Å². The molecule has 1 aliphatic heterocycles. The van der Waals surface area contributed by atoms with Crippen LogP contribution < -0.4 is 0 Å². The molecule has 0 radical (unpaired) electrons. The number of hydrogen-bond donors (Lipinski definition) is 0. The van der Waals surface area contributed by atoms with Crippen molar-refractivity contribution in [1.29, 1.82) is 5.26 Å². The van der Waals surface area contributed by atoms with Gasteiger partial charge in [0.1, 0.15) is 5.41 Å². The number of carbonyl (C=O) groups excluding carboxylic acids is 1. The van der Waals surface area contributed by atoms with Gasteiger partial charge >= 0.3 is 0 Å². The predicted octanol–water partition coefficient (Wildman–Crippen LogP) is 0.517. The normalized spacial score (nSPS) is 35.2. The van der Waals surface area contributed by atoms with Gasteiger partial charge < -0.3 is 4.90 Å². The maximum atomic E-state index is 12.2. The van der Waals surface area contributed by atoms with Crippen LogP contribution in [0.1, 0.15) is 19.8 Å². The first-order valence-electron chi connectivity index (χ1n) is 5.63. The number of nitriles is 1. The van der Waals surface area contributed by atoms with Crippen LogP contribution in [-0.2, 0) is 15.6 Å². The third-order valence-corrected chi connectivity index (χ3v) is 4.76. The fourth-order valence-corrected chi connectivity index (χ4v) is 3.64. The molecule has 2 fully saturated rings. The van der Waals surface area contributed by atoms with Crippen LogP contribution in [0.2, 0.25) is 0 Å². The summed E-state index contributed by atoms with van der Waals surface area (Å²) in [5.74, 6) is 1.55. The SMILES string of the molecule is CC1CC(C#N)(C(=O)N2CCS(=O)CC2)C1. The van der Waals surface area contributed by atoms with Gasteiger partial charge in [-0.3, -0.25) is 9.00 Å². The topological polar surface area (TPSA) is 61.2 Å². The highest BCUT2D eigenvalue weighted by Gasteiger charge is 2.50. The molecule has 1 saturated heterocycles. The Labute approximate surface area is 98.1 Å². The van der Waals surface area contributed by atoms with Crippen LogP contribution in [0.5, 0.6) is 0 Å². The summed E-state index contributed by atoms with van der Waals surface area (Å²) in [6, 6.07) is 2.19. The van der Waals surface area contributed by atoms with Gasteiger partial charge in [0.15, 0.2) is 0 Å². The van der Waals surface area contributed by atoms with Crippen molar-refractivity contribution < 1.29 is 9.00 Å². The minimum absolute atomic E-state index is 0.0372. The molecule has 0 unspecified atom stereocenters. The number of carbonyl (C=O) groups is 1. The zero-order valence-corrected chi connectivity index (χ0v) is 10.3. The highest BCUT2D eigenvalue weighted by molar-refractivity contribution is 7.85. The Morgan fingerprint density at radius 3 is 2.44 bits per heavy atom. The second kappa shape index (κ2) is 4.17. The molecule has 1 amide bonds. The molecule has 2 aliphatic rings. The van der Waals surface area contributed by atoms with Crippen LogP contribution in [-0.4, -0.2) is 39.6 Å². The number of nitrogens with zero attached hydrogens (tertiary/aromatic N) is 2. The first kappa shape index (κ1) is 11.6. The summed E-state index contributed by atoms with van der Waals surface area (Å²) < 4.78 is 11.2. The molecule has 0 aromatic carbocycles. The van der Waals surface area contributed by atoms with Crippen molar-refractivity contribution in [3.8, 4) is 6.07 Å². The monoisotopic (exact) mass is 240 g/mol. The lowest BCUT2D eigenvalue weighted by molar-refractivity contribution is -0.144. The standard InChI is InChI=1S/C11H16N2O2S/c1-9-6-11(7-9,8-12)10(14)13-2-4-16(15)5-3-13/h9H,2-7H2,1H3. The summed E-state index contributed by atoms with van der Waals surface area (Å²) in [5.41, 5.74) is -0.766. The molecule has 1 saturated carbocycles. The second-order valence-electron chi connectivity index (χ2n) is 4.85. The summed E-state index contributed by atoms with van der Waals surface area (Å²) in [6.07, 6.45) is 1.36. The molecule has 88 valence electrons.